The van der Waals surface area contributed by atoms with Crippen LogP contribution in [0.4, 0.5) is 10.1 Å². The van der Waals surface area contributed by atoms with Crippen molar-refractivity contribution in [1.29, 1.82) is 0 Å². The molecule has 0 aromatic heterocycles. The van der Waals surface area contributed by atoms with Gasteiger partial charge in [0.2, 0.25) is 11.8 Å². The lowest BCUT2D eigenvalue weighted by Gasteiger charge is -2.29. The van der Waals surface area contributed by atoms with Gasteiger partial charge in [-0.3, -0.25) is 9.59 Å². The monoisotopic (exact) mass is 310 g/mol. The highest BCUT2D eigenvalue weighted by molar-refractivity contribution is 7.99. The van der Waals surface area contributed by atoms with Crippen LogP contribution in [0.25, 0.3) is 0 Å². The number of nitrogens with zero attached hydrogens (tertiary/aromatic N) is 1. The number of amides is 2. The second-order valence-electron chi connectivity index (χ2n) is 6.04. The van der Waals surface area contributed by atoms with E-state index in [1.807, 2.05) is 20.8 Å². The van der Waals surface area contributed by atoms with Gasteiger partial charge in [-0.2, -0.15) is 0 Å². The summed E-state index contributed by atoms with van der Waals surface area (Å²) >= 11 is 1.56. The third kappa shape index (κ3) is 3.75. The Hall–Kier alpha value is -1.56. The fraction of sp³-hybridized carbons (Fsp3) is 0.467. The molecular formula is C15H19FN2O2S. The van der Waals surface area contributed by atoms with Gasteiger partial charge in [0.05, 0.1) is 5.88 Å². The molecule has 0 saturated carbocycles. The van der Waals surface area contributed by atoms with E-state index < -0.39 is 11.5 Å². The SMILES string of the molecule is CC(C)(C)C(=O)N1CSC[C@H]1C(=O)Nc1ccc(F)cc1. The minimum absolute atomic E-state index is 0.0354. The maximum atomic E-state index is 12.9. The molecule has 1 atom stereocenters. The van der Waals surface area contributed by atoms with Gasteiger partial charge in [-0.05, 0) is 24.3 Å². The maximum absolute atomic E-state index is 12.9. The number of hydrogen-bond donors (Lipinski definition) is 1. The molecule has 1 heterocycles. The number of rotatable bonds is 2. The zero-order valence-corrected chi connectivity index (χ0v) is 13.2. The van der Waals surface area contributed by atoms with E-state index in [0.717, 1.165) is 0 Å². The molecule has 0 radical (unpaired) electrons. The average Bonchev–Trinajstić information content (AvgIpc) is 2.88. The van der Waals surface area contributed by atoms with Crippen molar-refractivity contribution in [2.75, 3.05) is 16.9 Å². The lowest BCUT2D eigenvalue weighted by atomic mass is 9.94. The van der Waals surface area contributed by atoms with E-state index in [2.05, 4.69) is 5.32 Å². The number of halogens is 1. The van der Waals surface area contributed by atoms with Crippen LogP contribution in [0, 0.1) is 11.2 Å². The van der Waals surface area contributed by atoms with Crippen molar-refractivity contribution in [3.63, 3.8) is 0 Å². The Labute approximate surface area is 128 Å². The minimum atomic E-state index is -0.515. The largest absolute Gasteiger partial charge is 0.324 e. The molecular weight excluding hydrogens is 291 g/mol. The molecule has 1 aromatic rings. The summed E-state index contributed by atoms with van der Waals surface area (Å²) in [5.41, 5.74) is 0.0145. The Bertz CT molecular complexity index is 540. The lowest BCUT2D eigenvalue weighted by molar-refractivity contribution is -0.143. The molecule has 2 rings (SSSR count). The Morgan fingerprint density at radius 2 is 1.90 bits per heavy atom. The van der Waals surface area contributed by atoms with Crippen molar-refractivity contribution in [1.82, 2.24) is 4.90 Å². The quantitative estimate of drug-likeness (QED) is 0.914. The molecule has 21 heavy (non-hydrogen) atoms. The van der Waals surface area contributed by atoms with Gasteiger partial charge in [-0.1, -0.05) is 20.8 Å². The van der Waals surface area contributed by atoms with Crippen molar-refractivity contribution >= 4 is 29.3 Å². The Kier molecular flexibility index (Phi) is 4.56. The van der Waals surface area contributed by atoms with Gasteiger partial charge in [0.1, 0.15) is 11.9 Å². The number of carbonyl (C=O) groups excluding carboxylic acids is 2. The molecule has 114 valence electrons. The van der Waals surface area contributed by atoms with Gasteiger partial charge >= 0.3 is 0 Å². The molecule has 1 aliphatic heterocycles. The summed E-state index contributed by atoms with van der Waals surface area (Å²) < 4.78 is 12.9. The highest BCUT2D eigenvalue weighted by Gasteiger charge is 2.38. The number of thioether (sulfide) groups is 1. The van der Waals surface area contributed by atoms with Crippen LogP contribution in [0.5, 0.6) is 0 Å². The zero-order valence-electron chi connectivity index (χ0n) is 12.4. The maximum Gasteiger partial charge on any atom is 0.248 e. The summed E-state index contributed by atoms with van der Waals surface area (Å²) in [6.07, 6.45) is 0. The van der Waals surface area contributed by atoms with Crippen molar-refractivity contribution in [2.24, 2.45) is 5.41 Å². The zero-order chi connectivity index (χ0) is 15.6. The molecule has 6 heteroatoms. The van der Waals surface area contributed by atoms with E-state index in [-0.39, 0.29) is 17.6 Å². The number of benzene rings is 1. The topological polar surface area (TPSA) is 49.4 Å². The fourth-order valence-corrected chi connectivity index (χ4v) is 3.20. The fourth-order valence-electron chi connectivity index (χ4n) is 2.05. The van der Waals surface area contributed by atoms with Gasteiger partial charge in [0.15, 0.2) is 0 Å². The average molecular weight is 310 g/mol. The molecule has 0 spiro atoms. The lowest BCUT2D eigenvalue weighted by Crippen LogP contribution is -2.48. The Morgan fingerprint density at radius 3 is 2.48 bits per heavy atom. The number of anilines is 1. The summed E-state index contributed by atoms with van der Waals surface area (Å²) in [5, 5.41) is 2.73. The number of carbonyl (C=O) groups is 2. The van der Waals surface area contributed by atoms with Crippen molar-refractivity contribution in [3.05, 3.63) is 30.1 Å². The Morgan fingerprint density at radius 1 is 1.29 bits per heavy atom. The van der Waals surface area contributed by atoms with Crippen LogP contribution in [-0.2, 0) is 9.59 Å². The molecule has 1 fully saturated rings. The molecule has 0 unspecified atom stereocenters. The molecule has 4 nitrogen and oxygen atoms in total. The molecule has 1 aromatic carbocycles. The third-order valence-corrected chi connectivity index (χ3v) is 4.21. The predicted octanol–water partition coefficient (Wildman–Crippen LogP) is 2.71. The first kappa shape index (κ1) is 15.8. The summed E-state index contributed by atoms with van der Waals surface area (Å²) in [6.45, 7) is 5.52. The first-order valence-electron chi connectivity index (χ1n) is 6.74. The van der Waals surface area contributed by atoms with E-state index in [0.29, 0.717) is 17.3 Å². The highest BCUT2D eigenvalue weighted by atomic mass is 32.2. The summed E-state index contributed by atoms with van der Waals surface area (Å²) in [4.78, 5) is 26.3. The van der Waals surface area contributed by atoms with Gasteiger partial charge in [0.25, 0.3) is 0 Å². The molecule has 1 aliphatic rings. The third-order valence-electron chi connectivity index (χ3n) is 3.20. The first-order chi connectivity index (χ1) is 9.79. The molecule has 2 amide bonds. The van der Waals surface area contributed by atoms with E-state index >= 15 is 0 Å². The highest BCUT2D eigenvalue weighted by Crippen LogP contribution is 2.28. The predicted molar refractivity (Wildman–Crippen MR) is 82.4 cm³/mol. The molecule has 1 N–H and O–H groups in total. The van der Waals surface area contributed by atoms with Crippen molar-refractivity contribution < 1.29 is 14.0 Å². The van der Waals surface area contributed by atoms with Crippen LogP contribution in [0.15, 0.2) is 24.3 Å². The molecule has 0 bridgehead atoms. The van der Waals surface area contributed by atoms with Crippen LogP contribution >= 0.6 is 11.8 Å². The summed E-state index contributed by atoms with van der Waals surface area (Å²) in [7, 11) is 0. The van der Waals surface area contributed by atoms with E-state index in [1.54, 1.807) is 16.7 Å². The molecule has 0 aliphatic carbocycles. The van der Waals surface area contributed by atoms with Crippen LogP contribution in [0.1, 0.15) is 20.8 Å². The van der Waals surface area contributed by atoms with Crippen LogP contribution in [0.2, 0.25) is 0 Å². The van der Waals surface area contributed by atoms with Gasteiger partial charge in [0, 0.05) is 16.9 Å². The smallest absolute Gasteiger partial charge is 0.248 e. The second kappa shape index (κ2) is 6.05. The van der Waals surface area contributed by atoms with Crippen LogP contribution in [0.3, 0.4) is 0 Å². The summed E-state index contributed by atoms with van der Waals surface area (Å²) in [6, 6.07) is 5.11. The summed E-state index contributed by atoms with van der Waals surface area (Å²) in [5.74, 6) is 0.483. The van der Waals surface area contributed by atoms with E-state index in [4.69, 9.17) is 0 Å². The second-order valence-corrected chi connectivity index (χ2v) is 7.04. The normalized spacial score (nSPS) is 18.7. The van der Waals surface area contributed by atoms with E-state index in [9.17, 15) is 14.0 Å². The van der Waals surface area contributed by atoms with Crippen LogP contribution in [-0.4, -0.2) is 34.4 Å². The van der Waals surface area contributed by atoms with E-state index in [1.165, 1.54) is 24.3 Å². The van der Waals surface area contributed by atoms with Gasteiger partial charge < -0.3 is 10.2 Å². The van der Waals surface area contributed by atoms with Crippen LogP contribution < -0.4 is 5.32 Å². The Balaban J connectivity index is 2.07. The minimum Gasteiger partial charge on any atom is -0.324 e. The van der Waals surface area contributed by atoms with Gasteiger partial charge in [-0.25, -0.2) is 4.39 Å². The van der Waals surface area contributed by atoms with Crippen molar-refractivity contribution in [2.45, 2.75) is 26.8 Å². The molecule has 1 saturated heterocycles. The standard InChI is InChI=1S/C15H19FN2O2S/c1-15(2,3)14(20)18-9-21-8-12(18)13(19)17-11-6-4-10(16)5-7-11/h4-7,12H,8-9H2,1-3H3,(H,17,19)/t12-/m0/s1. The van der Waals surface area contributed by atoms with Crippen molar-refractivity contribution in [3.8, 4) is 0 Å². The number of nitrogens with one attached hydrogen (secondary N) is 1. The number of hydrogen-bond acceptors (Lipinski definition) is 3. The first-order valence-corrected chi connectivity index (χ1v) is 7.90. The van der Waals surface area contributed by atoms with Gasteiger partial charge in [-0.15, -0.1) is 11.8 Å².